The number of amides is 1. The van der Waals surface area contributed by atoms with Crippen molar-refractivity contribution >= 4 is 22.9 Å². The van der Waals surface area contributed by atoms with Crippen molar-refractivity contribution in [3.63, 3.8) is 0 Å². The second kappa shape index (κ2) is 9.39. The third-order valence-electron chi connectivity index (χ3n) is 5.59. The molecule has 1 amide bonds. The number of nitrogens with zero attached hydrogens (tertiary/aromatic N) is 3. The predicted molar refractivity (Wildman–Crippen MR) is 124 cm³/mol. The van der Waals surface area contributed by atoms with Gasteiger partial charge < -0.3 is 19.3 Å². The lowest BCUT2D eigenvalue weighted by Gasteiger charge is -2.36. The number of rotatable bonds is 6. The summed E-state index contributed by atoms with van der Waals surface area (Å²) in [5, 5.41) is 0.970. The normalized spacial score (nSPS) is 13.9. The Morgan fingerprint density at radius 1 is 1.03 bits per heavy atom. The molecule has 31 heavy (non-hydrogen) atoms. The van der Waals surface area contributed by atoms with Crippen LogP contribution >= 0.6 is 11.3 Å². The average Bonchev–Trinajstić information content (AvgIpc) is 3.19. The number of benzene rings is 2. The summed E-state index contributed by atoms with van der Waals surface area (Å²) in [7, 11) is 3.31. The van der Waals surface area contributed by atoms with Gasteiger partial charge in [-0.2, -0.15) is 0 Å². The van der Waals surface area contributed by atoms with Crippen molar-refractivity contribution in [2.24, 2.45) is 0 Å². The number of anilines is 1. The van der Waals surface area contributed by atoms with Crippen LogP contribution in [0.4, 0.5) is 5.69 Å². The summed E-state index contributed by atoms with van der Waals surface area (Å²) < 4.78 is 10.8. The Kier molecular flexibility index (Phi) is 6.42. The van der Waals surface area contributed by atoms with E-state index in [9.17, 15) is 4.79 Å². The first kappa shape index (κ1) is 21.2. The van der Waals surface area contributed by atoms with E-state index in [4.69, 9.17) is 14.5 Å². The minimum Gasteiger partial charge on any atom is -0.497 e. The van der Waals surface area contributed by atoms with Crippen LogP contribution in [0.15, 0.2) is 48.5 Å². The quantitative estimate of drug-likeness (QED) is 0.583. The van der Waals surface area contributed by atoms with Gasteiger partial charge in [-0.3, -0.25) is 4.79 Å². The molecular formula is C24H27N3O3S. The van der Waals surface area contributed by atoms with E-state index in [1.165, 1.54) is 0 Å². The van der Waals surface area contributed by atoms with Gasteiger partial charge in [0.05, 0.1) is 32.0 Å². The molecule has 4 rings (SSSR count). The van der Waals surface area contributed by atoms with Crippen LogP contribution in [-0.2, 0) is 11.2 Å². The van der Waals surface area contributed by atoms with Crippen LogP contribution in [0.2, 0.25) is 0 Å². The van der Waals surface area contributed by atoms with Crippen molar-refractivity contribution in [1.82, 2.24) is 9.88 Å². The summed E-state index contributed by atoms with van der Waals surface area (Å²) in [6, 6.07) is 16.0. The number of aromatic nitrogens is 1. The van der Waals surface area contributed by atoms with Crippen LogP contribution < -0.4 is 14.4 Å². The molecular weight excluding hydrogens is 410 g/mol. The Balaban J connectivity index is 1.39. The summed E-state index contributed by atoms with van der Waals surface area (Å²) in [5.74, 6) is 1.68. The highest BCUT2D eigenvalue weighted by atomic mass is 32.1. The fraction of sp³-hybridized carbons (Fsp3) is 0.333. The van der Waals surface area contributed by atoms with Crippen LogP contribution in [0.5, 0.6) is 11.5 Å². The molecule has 0 spiro atoms. The maximum atomic E-state index is 12.9. The highest BCUT2D eigenvalue weighted by Crippen LogP contribution is 2.33. The molecule has 0 bridgehead atoms. The lowest BCUT2D eigenvalue weighted by atomic mass is 10.2. The van der Waals surface area contributed by atoms with Crippen LogP contribution in [0.25, 0.3) is 10.6 Å². The fourth-order valence-electron chi connectivity index (χ4n) is 3.79. The summed E-state index contributed by atoms with van der Waals surface area (Å²) >= 11 is 1.65. The Morgan fingerprint density at radius 3 is 2.45 bits per heavy atom. The number of hydrogen-bond acceptors (Lipinski definition) is 6. The van der Waals surface area contributed by atoms with Crippen LogP contribution in [-0.4, -0.2) is 56.2 Å². The molecule has 0 saturated carbocycles. The molecule has 162 valence electrons. The molecule has 3 aromatic rings. The second-order valence-corrected chi connectivity index (χ2v) is 8.67. The van der Waals surface area contributed by atoms with Crippen LogP contribution in [0.3, 0.4) is 0 Å². The van der Waals surface area contributed by atoms with Crippen LogP contribution in [0.1, 0.15) is 10.6 Å². The van der Waals surface area contributed by atoms with Gasteiger partial charge >= 0.3 is 0 Å². The summed E-state index contributed by atoms with van der Waals surface area (Å²) in [6.07, 6.45) is 0.348. The molecule has 1 saturated heterocycles. The van der Waals surface area contributed by atoms with Crippen molar-refractivity contribution in [3.8, 4) is 22.1 Å². The molecule has 0 N–H and O–H groups in total. The fourth-order valence-corrected chi connectivity index (χ4v) is 4.73. The van der Waals surface area contributed by atoms with Gasteiger partial charge in [0, 0.05) is 42.7 Å². The number of thiazole rings is 1. The smallest absolute Gasteiger partial charge is 0.228 e. The monoisotopic (exact) mass is 437 g/mol. The number of piperazine rings is 1. The highest BCUT2D eigenvalue weighted by Gasteiger charge is 2.24. The Labute approximate surface area is 187 Å². The summed E-state index contributed by atoms with van der Waals surface area (Å²) in [4.78, 5) is 23.0. The highest BCUT2D eigenvalue weighted by molar-refractivity contribution is 7.15. The van der Waals surface area contributed by atoms with Gasteiger partial charge in [0.2, 0.25) is 5.91 Å². The minimum absolute atomic E-state index is 0.134. The van der Waals surface area contributed by atoms with Gasteiger partial charge in [-0.15, -0.1) is 11.3 Å². The van der Waals surface area contributed by atoms with Crippen molar-refractivity contribution in [2.45, 2.75) is 13.3 Å². The molecule has 2 aromatic carbocycles. The summed E-state index contributed by atoms with van der Waals surface area (Å²) in [6.45, 7) is 4.94. The van der Waals surface area contributed by atoms with E-state index in [0.29, 0.717) is 19.5 Å². The average molecular weight is 438 g/mol. The number of aryl methyl sites for hydroxylation is 1. The Morgan fingerprint density at radius 2 is 1.77 bits per heavy atom. The molecule has 0 atom stereocenters. The van der Waals surface area contributed by atoms with Crippen molar-refractivity contribution in [2.75, 3.05) is 45.3 Å². The molecule has 7 heteroatoms. The Hall–Kier alpha value is -3.06. The molecule has 1 aliphatic heterocycles. The number of carbonyl (C=O) groups excluding carboxylic acids is 1. The van der Waals surface area contributed by atoms with Gasteiger partial charge in [-0.25, -0.2) is 4.98 Å². The first-order valence-electron chi connectivity index (χ1n) is 10.4. The van der Waals surface area contributed by atoms with Gasteiger partial charge in [0.25, 0.3) is 0 Å². The molecule has 0 aliphatic carbocycles. The zero-order valence-electron chi connectivity index (χ0n) is 18.1. The van der Waals surface area contributed by atoms with E-state index >= 15 is 0 Å². The van der Waals surface area contributed by atoms with E-state index in [1.54, 1.807) is 25.6 Å². The zero-order valence-corrected chi connectivity index (χ0v) is 18.9. The van der Waals surface area contributed by atoms with Crippen molar-refractivity contribution in [3.05, 3.63) is 59.1 Å². The molecule has 0 radical (unpaired) electrons. The first-order valence-corrected chi connectivity index (χ1v) is 11.2. The maximum Gasteiger partial charge on any atom is 0.228 e. The van der Waals surface area contributed by atoms with E-state index in [1.807, 2.05) is 48.2 Å². The van der Waals surface area contributed by atoms with E-state index < -0.39 is 0 Å². The molecule has 6 nitrogen and oxygen atoms in total. The van der Waals surface area contributed by atoms with Gasteiger partial charge in [-0.05, 0) is 19.1 Å². The molecule has 2 heterocycles. The zero-order chi connectivity index (χ0) is 21.8. The van der Waals surface area contributed by atoms with E-state index in [0.717, 1.165) is 51.4 Å². The van der Waals surface area contributed by atoms with Gasteiger partial charge in [0.1, 0.15) is 16.5 Å². The topological polar surface area (TPSA) is 54.9 Å². The van der Waals surface area contributed by atoms with Gasteiger partial charge in [0.15, 0.2) is 0 Å². The van der Waals surface area contributed by atoms with E-state index in [2.05, 4.69) is 17.0 Å². The molecule has 1 aliphatic rings. The molecule has 1 fully saturated rings. The predicted octanol–water partition coefficient (Wildman–Crippen LogP) is 4.03. The Bertz CT molecular complexity index is 1040. The van der Waals surface area contributed by atoms with Crippen molar-refractivity contribution in [1.29, 1.82) is 0 Å². The lowest BCUT2D eigenvalue weighted by molar-refractivity contribution is -0.130. The summed E-state index contributed by atoms with van der Waals surface area (Å²) in [5.41, 5.74) is 3.00. The maximum absolute atomic E-state index is 12.9. The third kappa shape index (κ3) is 4.66. The minimum atomic E-state index is 0.134. The number of ether oxygens (including phenoxy) is 2. The van der Waals surface area contributed by atoms with Crippen LogP contribution in [0, 0.1) is 6.92 Å². The molecule has 0 unspecified atom stereocenters. The standard InChI is InChI=1S/C24H27N3O3S/c1-17-20(25-24(31-17)18-7-5-4-6-8-18)16-23(28)27-13-11-26(12-14-27)21-10-9-19(29-2)15-22(21)30-3/h4-10,15H,11-14,16H2,1-3H3. The molecule has 1 aromatic heterocycles. The first-order chi connectivity index (χ1) is 15.1. The number of hydrogen-bond donors (Lipinski definition) is 0. The van der Waals surface area contributed by atoms with E-state index in [-0.39, 0.29) is 5.91 Å². The third-order valence-corrected chi connectivity index (χ3v) is 6.65. The van der Waals surface area contributed by atoms with Gasteiger partial charge in [-0.1, -0.05) is 30.3 Å². The second-order valence-electron chi connectivity index (χ2n) is 7.47. The largest absolute Gasteiger partial charge is 0.497 e. The number of carbonyl (C=O) groups is 1. The lowest BCUT2D eigenvalue weighted by Crippen LogP contribution is -2.49. The SMILES string of the molecule is COc1ccc(N2CCN(C(=O)Cc3nc(-c4ccccc4)sc3C)CC2)c(OC)c1. The van der Waals surface area contributed by atoms with Crippen molar-refractivity contribution < 1.29 is 14.3 Å². The number of methoxy groups -OCH3 is 2.